The van der Waals surface area contributed by atoms with Crippen LogP contribution in [0.2, 0.25) is 0 Å². The Morgan fingerprint density at radius 3 is 2.68 bits per heavy atom. The Kier molecular flexibility index (Phi) is 4.87. The topological polar surface area (TPSA) is 58.0 Å². The van der Waals surface area contributed by atoms with Gasteiger partial charge in [0.15, 0.2) is 0 Å². The highest BCUT2D eigenvalue weighted by molar-refractivity contribution is 9.10. The Bertz CT molecular complexity index is 530. The second-order valence-electron chi connectivity index (χ2n) is 4.36. The summed E-state index contributed by atoms with van der Waals surface area (Å²) in [6, 6.07) is 9.97. The molecule has 0 saturated carbocycles. The summed E-state index contributed by atoms with van der Waals surface area (Å²) in [6.07, 6.45) is 1.64. The molecule has 1 aromatic heterocycles. The standard InChI is InChI=1S/C14H16BrN3O/c1-10(11-2-4-12(15)5-3-11)8-17-14-16-7-6-13(9-19)18-14/h2-7,10,19H,8-9H2,1H3,(H,16,17,18). The number of anilines is 1. The second kappa shape index (κ2) is 6.63. The van der Waals surface area contributed by atoms with E-state index in [1.54, 1.807) is 12.3 Å². The smallest absolute Gasteiger partial charge is 0.222 e. The van der Waals surface area contributed by atoms with Crippen molar-refractivity contribution in [2.75, 3.05) is 11.9 Å². The van der Waals surface area contributed by atoms with Crippen molar-refractivity contribution in [3.8, 4) is 0 Å². The van der Waals surface area contributed by atoms with Crippen molar-refractivity contribution in [2.45, 2.75) is 19.4 Å². The van der Waals surface area contributed by atoms with Crippen molar-refractivity contribution in [3.05, 3.63) is 52.3 Å². The molecule has 0 spiro atoms. The molecule has 0 aliphatic heterocycles. The molecule has 0 amide bonds. The number of halogens is 1. The van der Waals surface area contributed by atoms with E-state index >= 15 is 0 Å². The van der Waals surface area contributed by atoms with Crippen LogP contribution in [0.4, 0.5) is 5.95 Å². The lowest BCUT2D eigenvalue weighted by Gasteiger charge is -2.13. The minimum Gasteiger partial charge on any atom is -0.390 e. The Balaban J connectivity index is 1.96. The number of nitrogens with one attached hydrogen (secondary N) is 1. The van der Waals surface area contributed by atoms with Crippen LogP contribution in [0.25, 0.3) is 0 Å². The minimum absolute atomic E-state index is 0.0700. The van der Waals surface area contributed by atoms with Crippen molar-refractivity contribution < 1.29 is 5.11 Å². The maximum atomic E-state index is 9.02. The van der Waals surface area contributed by atoms with E-state index in [2.05, 4.69) is 50.3 Å². The van der Waals surface area contributed by atoms with Crippen LogP contribution in [-0.4, -0.2) is 21.6 Å². The number of rotatable bonds is 5. The molecule has 0 bridgehead atoms. The molecule has 5 heteroatoms. The molecule has 1 aromatic carbocycles. The first-order valence-electron chi connectivity index (χ1n) is 6.11. The van der Waals surface area contributed by atoms with Crippen LogP contribution < -0.4 is 5.32 Å². The van der Waals surface area contributed by atoms with Gasteiger partial charge >= 0.3 is 0 Å². The molecule has 2 N–H and O–H groups in total. The zero-order valence-electron chi connectivity index (χ0n) is 10.7. The van der Waals surface area contributed by atoms with E-state index in [4.69, 9.17) is 5.11 Å². The average Bonchev–Trinajstić information content (AvgIpc) is 2.46. The number of nitrogens with zero attached hydrogens (tertiary/aromatic N) is 2. The summed E-state index contributed by atoms with van der Waals surface area (Å²) < 4.78 is 1.08. The molecule has 1 atom stereocenters. The summed E-state index contributed by atoms with van der Waals surface area (Å²) >= 11 is 3.43. The largest absolute Gasteiger partial charge is 0.390 e. The summed E-state index contributed by atoms with van der Waals surface area (Å²) in [5.41, 5.74) is 1.88. The maximum Gasteiger partial charge on any atom is 0.222 e. The summed E-state index contributed by atoms with van der Waals surface area (Å²) in [6.45, 7) is 2.82. The quantitative estimate of drug-likeness (QED) is 0.889. The second-order valence-corrected chi connectivity index (χ2v) is 5.28. The van der Waals surface area contributed by atoms with E-state index in [-0.39, 0.29) is 6.61 Å². The zero-order chi connectivity index (χ0) is 13.7. The van der Waals surface area contributed by atoms with E-state index in [0.717, 1.165) is 11.0 Å². The van der Waals surface area contributed by atoms with Crippen molar-refractivity contribution in [1.82, 2.24) is 9.97 Å². The van der Waals surface area contributed by atoms with Gasteiger partial charge in [-0.3, -0.25) is 0 Å². The lowest BCUT2D eigenvalue weighted by atomic mass is 10.0. The predicted molar refractivity (Wildman–Crippen MR) is 79.0 cm³/mol. The van der Waals surface area contributed by atoms with Crippen molar-refractivity contribution in [1.29, 1.82) is 0 Å². The van der Waals surface area contributed by atoms with Gasteiger partial charge in [0.2, 0.25) is 5.95 Å². The van der Waals surface area contributed by atoms with Gasteiger partial charge in [0.25, 0.3) is 0 Å². The van der Waals surface area contributed by atoms with Gasteiger partial charge in [0, 0.05) is 17.2 Å². The summed E-state index contributed by atoms with van der Waals surface area (Å²) in [7, 11) is 0. The van der Waals surface area contributed by atoms with Gasteiger partial charge in [-0.15, -0.1) is 0 Å². The van der Waals surface area contributed by atoms with E-state index < -0.39 is 0 Å². The third-order valence-corrected chi connectivity index (χ3v) is 3.41. The average molecular weight is 322 g/mol. The van der Waals surface area contributed by atoms with Crippen LogP contribution in [0.15, 0.2) is 41.0 Å². The van der Waals surface area contributed by atoms with E-state index in [0.29, 0.717) is 17.6 Å². The van der Waals surface area contributed by atoms with Crippen LogP contribution in [-0.2, 0) is 6.61 Å². The molecule has 4 nitrogen and oxygen atoms in total. The Morgan fingerprint density at radius 2 is 2.00 bits per heavy atom. The lowest BCUT2D eigenvalue weighted by molar-refractivity contribution is 0.277. The highest BCUT2D eigenvalue weighted by Crippen LogP contribution is 2.18. The van der Waals surface area contributed by atoms with E-state index in [1.807, 2.05) is 12.1 Å². The van der Waals surface area contributed by atoms with E-state index in [9.17, 15) is 0 Å². The molecular weight excluding hydrogens is 306 g/mol. The van der Waals surface area contributed by atoms with Crippen LogP contribution in [0.1, 0.15) is 24.1 Å². The lowest BCUT2D eigenvalue weighted by Crippen LogP contribution is -2.12. The van der Waals surface area contributed by atoms with Gasteiger partial charge in [-0.25, -0.2) is 9.97 Å². The predicted octanol–water partition coefficient (Wildman–Crippen LogP) is 2.95. The fraction of sp³-hybridized carbons (Fsp3) is 0.286. The number of benzene rings is 1. The van der Waals surface area contributed by atoms with Crippen LogP contribution >= 0.6 is 15.9 Å². The Morgan fingerprint density at radius 1 is 1.26 bits per heavy atom. The first kappa shape index (κ1) is 14.0. The molecule has 100 valence electrons. The van der Waals surface area contributed by atoms with Crippen LogP contribution in [0.5, 0.6) is 0 Å². The fourth-order valence-electron chi connectivity index (χ4n) is 1.72. The number of aliphatic hydroxyl groups excluding tert-OH is 1. The van der Waals surface area contributed by atoms with Crippen molar-refractivity contribution >= 4 is 21.9 Å². The Labute approximate surface area is 121 Å². The number of aromatic nitrogens is 2. The third kappa shape index (κ3) is 4.01. The van der Waals surface area contributed by atoms with Gasteiger partial charge in [-0.05, 0) is 29.7 Å². The monoisotopic (exact) mass is 321 g/mol. The molecule has 0 aliphatic rings. The normalized spacial score (nSPS) is 12.2. The highest BCUT2D eigenvalue weighted by atomic mass is 79.9. The first-order chi connectivity index (χ1) is 9.19. The number of hydrogen-bond acceptors (Lipinski definition) is 4. The fourth-order valence-corrected chi connectivity index (χ4v) is 1.99. The molecule has 1 unspecified atom stereocenters. The van der Waals surface area contributed by atoms with E-state index in [1.165, 1.54) is 5.56 Å². The Hall–Kier alpha value is -1.46. The molecule has 19 heavy (non-hydrogen) atoms. The van der Waals surface area contributed by atoms with Gasteiger partial charge in [0.05, 0.1) is 12.3 Å². The van der Waals surface area contributed by atoms with Crippen molar-refractivity contribution in [3.63, 3.8) is 0 Å². The van der Waals surface area contributed by atoms with Gasteiger partial charge in [0.1, 0.15) is 0 Å². The van der Waals surface area contributed by atoms with Gasteiger partial charge in [-0.2, -0.15) is 0 Å². The van der Waals surface area contributed by atoms with Gasteiger partial charge < -0.3 is 10.4 Å². The SMILES string of the molecule is CC(CNc1nccc(CO)n1)c1ccc(Br)cc1. The molecule has 0 saturated heterocycles. The summed E-state index contributed by atoms with van der Waals surface area (Å²) in [5.74, 6) is 0.907. The number of hydrogen-bond donors (Lipinski definition) is 2. The molecule has 0 fully saturated rings. The summed E-state index contributed by atoms with van der Waals surface area (Å²) in [5, 5.41) is 12.2. The third-order valence-electron chi connectivity index (χ3n) is 2.88. The summed E-state index contributed by atoms with van der Waals surface area (Å²) in [4.78, 5) is 8.32. The molecule has 0 radical (unpaired) electrons. The van der Waals surface area contributed by atoms with Crippen LogP contribution in [0.3, 0.4) is 0 Å². The van der Waals surface area contributed by atoms with Gasteiger partial charge in [-0.1, -0.05) is 35.0 Å². The molecule has 2 rings (SSSR count). The van der Waals surface area contributed by atoms with Crippen molar-refractivity contribution in [2.24, 2.45) is 0 Å². The zero-order valence-corrected chi connectivity index (χ0v) is 12.3. The number of aliphatic hydroxyl groups is 1. The first-order valence-corrected chi connectivity index (χ1v) is 6.90. The molecular formula is C14H16BrN3O. The highest BCUT2D eigenvalue weighted by Gasteiger charge is 2.06. The molecule has 0 aliphatic carbocycles. The van der Waals surface area contributed by atoms with Crippen LogP contribution in [0, 0.1) is 0 Å². The molecule has 2 aromatic rings. The molecule has 1 heterocycles. The minimum atomic E-state index is -0.0700. The maximum absolute atomic E-state index is 9.02.